The van der Waals surface area contributed by atoms with E-state index >= 15 is 0 Å². The standard InChI is InChI=1S/C21H19ClFN3O/c1-25-11-15(10-24-25)18-13-26(12-14-5-2-3-6-16(14)18)21(27)9-17-19(22)7-4-8-20(17)23/h2-8,10-11,18H,9,12-13H2,1H3. The molecule has 1 unspecified atom stereocenters. The summed E-state index contributed by atoms with van der Waals surface area (Å²) >= 11 is 6.10. The molecule has 138 valence electrons. The molecule has 1 atom stereocenters. The molecule has 6 heteroatoms. The molecule has 0 bridgehead atoms. The van der Waals surface area contributed by atoms with Crippen molar-refractivity contribution < 1.29 is 9.18 Å². The maximum Gasteiger partial charge on any atom is 0.227 e. The largest absolute Gasteiger partial charge is 0.337 e. The first kappa shape index (κ1) is 17.7. The second-order valence-corrected chi connectivity index (χ2v) is 7.26. The van der Waals surface area contributed by atoms with Crippen LogP contribution in [0, 0.1) is 5.82 Å². The van der Waals surface area contributed by atoms with Crippen LogP contribution in [-0.2, 0) is 24.8 Å². The van der Waals surface area contributed by atoms with E-state index in [9.17, 15) is 9.18 Å². The molecule has 0 saturated carbocycles. The van der Waals surface area contributed by atoms with Gasteiger partial charge >= 0.3 is 0 Å². The average Bonchev–Trinajstić information content (AvgIpc) is 3.10. The van der Waals surface area contributed by atoms with Gasteiger partial charge in [0.05, 0.1) is 12.6 Å². The number of aromatic nitrogens is 2. The lowest BCUT2D eigenvalue weighted by Gasteiger charge is -2.34. The van der Waals surface area contributed by atoms with Gasteiger partial charge in [-0.1, -0.05) is 41.9 Å². The van der Waals surface area contributed by atoms with E-state index in [-0.39, 0.29) is 28.8 Å². The first-order chi connectivity index (χ1) is 13.0. The van der Waals surface area contributed by atoms with Gasteiger partial charge in [-0.05, 0) is 28.8 Å². The molecule has 3 aromatic rings. The van der Waals surface area contributed by atoms with Crippen LogP contribution in [-0.4, -0.2) is 27.1 Å². The van der Waals surface area contributed by atoms with E-state index in [1.54, 1.807) is 21.7 Å². The van der Waals surface area contributed by atoms with Gasteiger partial charge in [0.2, 0.25) is 5.91 Å². The van der Waals surface area contributed by atoms with E-state index in [0.29, 0.717) is 13.1 Å². The molecule has 4 rings (SSSR count). The molecule has 1 aliphatic rings. The second-order valence-electron chi connectivity index (χ2n) is 6.85. The Kier molecular flexibility index (Phi) is 4.70. The zero-order valence-electron chi connectivity index (χ0n) is 14.9. The Morgan fingerprint density at radius 2 is 2.07 bits per heavy atom. The van der Waals surface area contributed by atoms with Crippen molar-refractivity contribution >= 4 is 17.5 Å². The number of hydrogen-bond donors (Lipinski definition) is 0. The summed E-state index contributed by atoms with van der Waals surface area (Å²) in [7, 11) is 1.88. The van der Waals surface area contributed by atoms with Crippen LogP contribution in [0.4, 0.5) is 4.39 Å². The van der Waals surface area contributed by atoms with Crippen molar-refractivity contribution in [2.45, 2.75) is 18.9 Å². The number of amides is 1. The highest BCUT2D eigenvalue weighted by atomic mass is 35.5. The van der Waals surface area contributed by atoms with E-state index in [4.69, 9.17) is 11.6 Å². The zero-order chi connectivity index (χ0) is 19.0. The molecule has 0 N–H and O–H groups in total. The Balaban J connectivity index is 1.64. The predicted octanol–water partition coefficient (Wildman–Crippen LogP) is 3.93. The van der Waals surface area contributed by atoms with Gasteiger partial charge < -0.3 is 4.90 Å². The molecule has 2 heterocycles. The zero-order valence-corrected chi connectivity index (χ0v) is 15.7. The molecule has 0 saturated heterocycles. The molecule has 4 nitrogen and oxygen atoms in total. The number of aryl methyl sites for hydroxylation is 1. The van der Waals surface area contributed by atoms with Crippen molar-refractivity contribution in [1.29, 1.82) is 0 Å². The molecule has 2 aromatic carbocycles. The maximum absolute atomic E-state index is 14.1. The summed E-state index contributed by atoms with van der Waals surface area (Å²) in [5.41, 5.74) is 3.62. The Morgan fingerprint density at radius 1 is 1.26 bits per heavy atom. The number of carbonyl (C=O) groups is 1. The molecule has 0 fully saturated rings. The third-order valence-corrected chi connectivity index (χ3v) is 5.42. The van der Waals surface area contributed by atoms with Gasteiger partial charge in [-0.3, -0.25) is 9.48 Å². The number of hydrogen-bond acceptors (Lipinski definition) is 2. The number of benzene rings is 2. The van der Waals surface area contributed by atoms with Crippen molar-refractivity contribution in [2.24, 2.45) is 7.05 Å². The topological polar surface area (TPSA) is 38.1 Å². The third-order valence-electron chi connectivity index (χ3n) is 5.06. The number of fused-ring (bicyclic) bond motifs is 1. The fourth-order valence-electron chi connectivity index (χ4n) is 3.67. The van der Waals surface area contributed by atoms with Crippen LogP contribution in [0.15, 0.2) is 54.9 Å². The van der Waals surface area contributed by atoms with Crippen LogP contribution in [0.25, 0.3) is 0 Å². The van der Waals surface area contributed by atoms with Crippen molar-refractivity contribution in [1.82, 2.24) is 14.7 Å². The molecule has 1 aliphatic heterocycles. The van der Waals surface area contributed by atoms with E-state index < -0.39 is 5.82 Å². The van der Waals surface area contributed by atoms with Crippen LogP contribution in [0.1, 0.15) is 28.2 Å². The Labute approximate surface area is 162 Å². The van der Waals surface area contributed by atoms with Crippen LogP contribution in [0.5, 0.6) is 0 Å². The summed E-state index contributed by atoms with van der Waals surface area (Å²) in [6.45, 7) is 1.05. The molecular weight excluding hydrogens is 365 g/mol. The lowest BCUT2D eigenvalue weighted by molar-refractivity contribution is -0.131. The minimum atomic E-state index is -0.447. The summed E-state index contributed by atoms with van der Waals surface area (Å²) < 4.78 is 15.9. The monoisotopic (exact) mass is 383 g/mol. The molecule has 1 amide bonds. The van der Waals surface area contributed by atoms with Crippen molar-refractivity contribution in [3.63, 3.8) is 0 Å². The Morgan fingerprint density at radius 3 is 2.81 bits per heavy atom. The second kappa shape index (κ2) is 7.16. The minimum Gasteiger partial charge on any atom is -0.337 e. The van der Waals surface area contributed by atoms with Gasteiger partial charge in [0, 0.05) is 42.8 Å². The van der Waals surface area contributed by atoms with E-state index in [0.717, 1.165) is 11.1 Å². The van der Waals surface area contributed by atoms with Crippen LogP contribution in [0.3, 0.4) is 0 Å². The van der Waals surface area contributed by atoms with E-state index in [1.165, 1.54) is 11.6 Å². The van der Waals surface area contributed by atoms with Gasteiger partial charge in [-0.15, -0.1) is 0 Å². The van der Waals surface area contributed by atoms with E-state index in [2.05, 4.69) is 11.2 Å². The van der Waals surface area contributed by atoms with Crippen LogP contribution >= 0.6 is 11.6 Å². The molecular formula is C21H19ClFN3O. The van der Waals surface area contributed by atoms with E-state index in [1.807, 2.05) is 37.6 Å². The van der Waals surface area contributed by atoms with Gasteiger partial charge in [-0.25, -0.2) is 4.39 Å². The maximum atomic E-state index is 14.1. The smallest absolute Gasteiger partial charge is 0.227 e. The highest BCUT2D eigenvalue weighted by Crippen LogP contribution is 2.33. The van der Waals surface area contributed by atoms with Gasteiger partial charge in [0.1, 0.15) is 5.82 Å². The Hall–Kier alpha value is -2.66. The number of carbonyl (C=O) groups excluding carboxylic acids is 1. The summed E-state index contributed by atoms with van der Waals surface area (Å²) in [5, 5.41) is 4.55. The number of halogens is 2. The summed E-state index contributed by atoms with van der Waals surface area (Å²) in [6.07, 6.45) is 3.76. The van der Waals surface area contributed by atoms with Gasteiger partial charge in [-0.2, -0.15) is 5.10 Å². The first-order valence-corrected chi connectivity index (χ1v) is 9.17. The summed E-state index contributed by atoms with van der Waals surface area (Å²) in [4.78, 5) is 14.7. The number of nitrogens with zero attached hydrogens (tertiary/aromatic N) is 3. The average molecular weight is 384 g/mol. The summed E-state index contributed by atoms with van der Waals surface area (Å²) in [6, 6.07) is 12.6. The van der Waals surface area contributed by atoms with Crippen LogP contribution < -0.4 is 0 Å². The normalized spacial score (nSPS) is 16.3. The minimum absolute atomic E-state index is 0.0451. The number of rotatable bonds is 3. The third kappa shape index (κ3) is 3.47. The molecule has 27 heavy (non-hydrogen) atoms. The molecule has 0 radical (unpaired) electrons. The highest BCUT2D eigenvalue weighted by molar-refractivity contribution is 6.31. The Bertz CT molecular complexity index is 980. The predicted molar refractivity (Wildman–Crippen MR) is 102 cm³/mol. The fourth-order valence-corrected chi connectivity index (χ4v) is 3.90. The lowest BCUT2D eigenvalue weighted by Crippen LogP contribution is -2.39. The fraction of sp³-hybridized carbons (Fsp3) is 0.238. The molecule has 1 aromatic heterocycles. The van der Waals surface area contributed by atoms with Gasteiger partial charge in [0.15, 0.2) is 0 Å². The van der Waals surface area contributed by atoms with Gasteiger partial charge in [0.25, 0.3) is 0 Å². The SMILES string of the molecule is Cn1cc(C2CN(C(=O)Cc3c(F)cccc3Cl)Cc3ccccc32)cn1. The quantitative estimate of drug-likeness (QED) is 0.687. The van der Waals surface area contributed by atoms with Crippen molar-refractivity contribution in [3.8, 4) is 0 Å². The highest BCUT2D eigenvalue weighted by Gasteiger charge is 2.30. The first-order valence-electron chi connectivity index (χ1n) is 8.80. The van der Waals surface area contributed by atoms with Crippen LogP contribution in [0.2, 0.25) is 5.02 Å². The van der Waals surface area contributed by atoms with Crippen molar-refractivity contribution in [2.75, 3.05) is 6.54 Å². The van der Waals surface area contributed by atoms with Crippen molar-refractivity contribution in [3.05, 3.63) is 88.0 Å². The lowest BCUT2D eigenvalue weighted by atomic mass is 9.86. The molecule has 0 aliphatic carbocycles. The summed E-state index contributed by atoms with van der Waals surface area (Å²) in [5.74, 6) is -0.536. The molecule has 0 spiro atoms.